The highest BCUT2D eigenvalue weighted by Crippen LogP contribution is 2.13. The maximum atomic E-state index is 13.3. The Morgan fingerprint density at radius 3 is 2.95 bits per heavy atom. The van der Waals surface area contributed by atoms with Crippen LogP contribution in [0.25, 0.3) is 0 Å². The molecule has 4 heteroatoms. The highest BCUT2D eigenvalue weighted by atomic mass is 32.1. The maximum Gasteiger partial charge on any atom is 0.124 e. The van der Waals surface area contributed by atoms with Gasteiger partial charge in [0, 0.05) is 23.3 Å². The molecule has 0 aliphatic carbocycles. The molecule has 0 amide bonds. The van der Waals surface area contributed by atoms with Crippen LogP contribution in [0.15, 0.2) is 35.7 Å². The van der Waals surface area contributed by atoms with E-state index < -0.39 is 0 Å². The third-order valence-corrected chi connectivity index (χ3v) is 3.80. The zero-order valence-corrected chi connectivity index (χ0v) is 12.5. The fourth-order valence-electron chi connectivity index (χ4n) is 1.81. The van der Waals surface area contributed by atoms with Gasteiger partial charge in [0.1, 0.15) is 5.82 Å². The predicted molar refractivity (Wildman–Crippen MR) is 82.7 cm³/mol. The van der Waals surface area contributed by atoms with Crippen LogP contribution in [0, 0.1) is 17.7 Å². The van der Waals surface area contributed by atoms with Gasteiger partial charge in [-0.05, 0) is 29.1 Å². The van der Waals surface area contributed by atoms with Crippen molar-refractivity contribution in [1.82, 2.24) is 0 Å². The van der Waals surface area contributed by atoms with Gasteiger partial charge >= 0.3 is 0 Å². The number of thiophene rings is 1. The van der Waals surface area contributed by atoms with Gasteiger partial charge in [-0.3, -0.25) is 0 Å². The van der Waals surface area contributed by atoms with Crippen LogP contribution in [-0.2, 0) is 17.8 Å². The van der Waals surface area contributed by atoms with Crippen molar-refractivity contribution in [2.45, 2.75) is 19.4 Å². The Balaban J connectivity index is 1.91. The van der Waals surface area contributed by atoms with Crippen LogP contribution in [-0.4, -0.2) is 18.3 Å². The van der Waals surface area contributed by atoms with Crippen molar-refractivity contribution in [3.63, 3.8) is 0 Å². The summed E-state index contributed by atoms with van der Waals surface area (Å²) in [4.78, 5) is 1.29. The molecule has 1 heterocycles. The van der Waals surface area contributed by atoms with E-state index in [1.54, 1.807) is 17.4 Å². The van der Waals surface area contributed by atoms with Crippen LogP contribution in [0.2, 0.25) is 0 Å². The molecule has 0 saturated heterocycles. The molecule has 0 unspecified atom stereocenters. The van der Waals surface area contributed by atoms with Gasteiger partial charge in [0.25, 0.3) is 0 Å². The molecule has 110 valence electrons. The lowest BCUT2D eigenvalue weighted by Gasteiger charge is -2.06. The van der Waals surface area contributed by atoms with Gasteiger partial charge in [0.2, 0.25) is 0 Å². The SMILES string of the molecule is OCCC#Cc1cc(F)ccc1COCCc1cccs1. The number of hydrogen-bond acceptors (Lipinski definition) is 3. The van der Waals surface area contributed by atoms with Gasteiger partial charge in [-0.1, -0.05) is 24.0 Å². The molecule has 21 heavy (non-hydrogen) atoms. The molecule has 1 aromatic heterocycles. The summed E-state index contributed by atoms with van der Waals surface area (Å²) in [6.45, 7) is 1.05. The highest BCUT2D eigenvalue weighted by molar-refractivity contribution is 7.09. The van der Waals surface area contributed by atoms with Crippen LogP contribution < -0.4 is 0 Å². The van der Waals surface area contributed by atoms with Crippen molar-refractivity contribution in [1.29, 1.82) is 0 Å². The normalized spacial score (nSPS) is 10.2. The molecule has 0 fully saturated rings. The van der Waals surface area contributed by atoms with Crippen LogP contribution in [0.1, 0.15) is 22.4 Å². The second-order valence-corrected chi connectivity index (χ2v) is 5.49. The minimum Gasteiger partial charge on any atom is -0.395 e. The summed E-state index contributed by atoms with van der Waals surface area (Å²) in [5.41, 5.74) is 1.49. The average Bonchev–Trinajstić information content (AvgIpc) is 2.99. The van der Waals surface area contributed by atoms with E-state index in [1.165, 1.54) is 17.0 Å². The lowest BCUT2D eigenvalue weighted by molar-refractivity contribution is 0.124. The van der Waals surface area contributed by atoms with E-state index in [0.717, 1.165) is 12.0 Å². The van der Waals surface area contributed by atoms with Crippen molar-refractivity contribution in [3.05, 3.63) is 57.5 Å². The van der Waals surface area contributed by atoms with Crippen LogP contribution >= 0.6 is 11.3 Å². The monoisotopic (exact) mass is 304 g/mol. The smallest absolute Gasteiger partial charge is 0.124 e. The first-order valence-electron chi connectivity index (χ1n) is 6.78. The maximum absolute atomic E-state index is 13.3. The van der Waals surface area contributed by atoms with Crippen molar-refractivity contribution in [2.24, 2.45) is 0 Å². The number of hydrogen-bond donors (Lipinski definition) is 1. The van der Waals surface area contributed by atoms with Gasteiger partial charge in [-0.15, -0.1) is 11.3 Å². The Labute approximate surface area is 128 Å². The fourth-order valence-corrected chi connectivity index (χ4v) is 2.50. The summed E-state index contributed by atoms with van der Waals surface area (Å²) in [5, 5.41) is 10.8. The number of benzene rings is 1. The number of ether oxygens (including phenoxy) is 1. The summed E-state index contributed by atoms with van der Waals surface area (Å²) in [7, 11) is 0. The van der Waals surface area contributed by atoms with E-state index in [9.17, 15) is 4.39 Å². The molecule has 0 spiro atoms. The molecular formula is C17H17FO2S. The summed E-state index contributed by atoms with van der Waals surface area (Å²) >= 11 is 1.71. The number of aliphatic hydroxyl groups excluding tert-OH is 1. The average molecular weight is 304 g/mol. The third-order valence-electron chi connectivity index (χ3n) is 2.86. The summed E-state index contributed by atoms with van der Waals surface area (Å²) < 4.78 is 18.9. The van der Waals surface area contributed by atoms with Gasteiger partial charge in [-0.2, -0.15) is 0 Å². The number of aliphatic hydroxyl groups is 1. The minimum absolute atomic E-state index is 0.00889. The molecule has 1 N–H and O–H groups in total. The molecule has 2 nitrogen and oxygen atoms in total. The second-order valence-electron chi connectivity index (χ2n) is 4.46. The van der Waals surface area contributed by atoms with E-state index in [0.29, 0.717) is 25.2 Å². The lowest BCUT2D eigenvalue weighted by atomic mass is 10.1. The molecule has 0 aliphatic heterocycles. The Morgan fingerprint density at radius 1 is 1.29 bits per heavy atom. The standard InChI is InChI=1S/C17H17FO2S/c18-16-7-6-15(14(12-16)4-1-2-9-19)13-20-10-8-17-5-3-11-21-17/h3,5-7,11-12,19H,2,8-10,13H2. The molecule has 0 saturated carbocycles. The molecule has 0 aliphatic rings. The quantitative estimate of drug-likeness (QED) is 0.655. The zero-order valence-electron chi connectivity index (χ0n) is 11.6. The van der Waals surface area contributed by atoms with E-state index >= 15 is 0 Å². The highest BCUT2D eigenvalue weighted by Gasteiger charge is 2.03. The van der Waals surface area contributed by atoms with Gasteiger partial charge in [-0.25, -0.2) is 4.39 Å². The van der Waals surface area contributed by atoms with Crippen LogP contribution in [0.5, 0.6) is 0 Å². The summed E-state index contributed by atoms with van der Waals surface area (Å²) in [5.74, 6) is 5.38. The van der Waals surface area contributed by atoms with Crippen molar-refractivity contribution in [3.8, 4) is 11.8 Å². The van der Waals surface area contributed by atoms with Gasteiger partial charge in [0.15, 0.2) is 0 Å². The number of halogens is 1. The Hall–Kier alpha value is -1.67. The first-order chi connectivity index (χ1) is 10.3. The molecule has 0 bridgehead atoms. The van der Waals surface area contributed by atoms with E-state index in [4.69, 9.17) is 9.84 Å². The Bertz CT molecular complexity index is 611. The summed E-state index contributed by atoms with van der Waals surface area (Å²) in [6, 6.07) is 8.62. The van der Waals surface area contributed by atoms with Crippen molar-refractivity contribution in [2.75, 3.05) is 13.2 Å². The van der Waals surface area contributed by atoms with E-state index in [1.807, 2.05) is 11.4 Å². The van der Waals surface area contributed by atoms with Crippen LogP contribution in [0.4, 0.5) is 4.39 Å². The zero-order chi connectivity index (χ0) is 14.9. The van der Waals surface area contributed by atoms with Crippen LogP contribution in [0.3, 0.4) is 0 Å². The predicted octanol–water partition coefficient (Wildman–Crippen LogP) is 3.38. The van der Waals surface area contributed by atoms with Gasteiger partial charge < -0.3 is 9.84 Å². The minimum atomic E-state index is -0.314. The van der Waals surface area contributed by atoms with E-state index in [2.05, 4.69) is 17.9 Å². The molecule has 0 radical (unpaired) electrons. The second kappa shape index (κ2) is 8.58. The Kier molecular flexibility index (Phi) is 6.42. The molecule has 1 aromatic carbocycles. The molecular weight excluding hydrogens is 287 g/mol. The lowest BCUT2D eigenvalue weighted by Crippen LogP contribution is -2.00. The first-order valence-corrected chi connectivity index (χ1v) is 7.66. The topological polar surface area (TPSA) is 29.5 Å². The molecule has 2 aromatic rings. The van der Waals surface area contributed by atoms with E-state index in [-0.39, 0.29) is 12.4 Å². The fraction of sp³-hybridized carbons (Fsp3) is 0.294. The van der Waals surface area contributed by atoms with Crippen molar-refractivity contribution < 1.29 is 14.2 Å². The number of rotatable bonds is 6. The molecule has 2 rings (SSSR count). The molecule has 0 atom stereocenters. The van der Waals surface area contributed by atoms with Crippen molar-refractivity contribution >= 4 is 11.3 Å². The third kappa shape index (κ3) is 5.31. The largest absolute Gasteiger partial charge is 0.395 e. The first kappa shape index (κ1) is 15.7. The summed E-state index contributed by atoms with van der Waals surface area (Å²) in [6.07, 6.45) is 1.26. The Morgan fingerprint density at radius 2 is 2.19 bits per heavy atom. The van der Waals surface area contributed by atoms with Gasteiger partial charge in [0.05, 0.1) is 19.8 Å².